The van der Waals surface area contributed by atoms with Crippen molar-refractivity contribution in [2.45, 2.75) is 19.3 Å². The molecule has 1 aliphatic heterocycles. The fourth-order valence-electron chi connectivity index (χ4n) is 1.75. The Balaban J connectivity index is 2.14. The Labute approximate surface area is 80.7 Å². The maximum Gasteiger partial charge on any atom is 0.312 e. The first-order chi connectivity index (χ1) is 6.22. The first-order valence-corrected chi connectivity index (χ1v) is 5.00. The molecule has 0 N–H and O–H groups in total. The predicted molar refractivity (Wildman–Crippen MR) is 53.2 cm³/mol. The van der Waals surface area contributed by atoms with Crippen molar-refractivity contribution in [1.82, 2.24) is 9.80 Å². The van der Waals surface area contributed by atoms with Crippen LogP contribution in [0.15, 0.2) is 0 Å². The van der Waals surface area contributed by atoms with E-state index >= 15 is 0 Å². The zero-order chi connectivity index (χ0) is 9.68. The van der Waals surface area contributed by atoms with E-state index in [0.29, 0.717) is 0 Å². The summed E-state index contributed by atoms with van der Waals surface area (Å²) in [5, 5.41) is 0. The van der Waals surface area contributed by atoms with Crippen molar-refractivity contribution in [3.8, 4) is 0 Å². The quantitative estimate of drug-likeness (QED) is 0.641. The summed E-state index contributed by atoms with van der Waals surface area (Å²) >= 11 is 0. The fraction of sp³-hybridized carbons (Fsp3) is 0.900. The number of piperidine rings is 1. The normalized spacial score (nSPS) is 19.5. The van der Waals surface area contributed by atoms with Gasteiger partial charge < -0.3 is 9.80 Å². The van der Waals surface area contributed by atoms with E-state index in [4.69, 9.17) is 0 Å². The summed E-state index contributed by atoms with van der Waals surface area (Å²) in [6.07, 6.45) is 5.54. The van der Waals surface area contributed by atoms with Crippen molar-refractivity contribution in [2.75, 3.05) is 33.7 Å². The van der Waals surface area contributed by atoms with E-state index in [1.165, 1.54) is 6.42 Å². The first-order valence-electron chi connectivity index (χ1n) is 5.00. The van der Waals surface area contributed by atoms with Crippen LogP contribution in [-0.4, -0.2) is 49.9 Å². The molecule has 1 heterocycles. The third kappa shape index (κ3) is 3.77. The number of carbonyl (C=O) groups excluding carboxylic acids is 1. The molecule has 1 fully saturated rings. The molecule has 0 bridgehead atoms. The molecule has 1 amide bonds. The molecule has 0 saturated carbocycles. The molecule has 0 unspecified atom stereocenters. The summed E-state index contributed by atoms with van der Waals surface area (Å²) < 4.78 is 0. The molecule has 1 aliphatic rings. The van der Waals surface area contributed by atoms with Crippen molar-refractivity contribution < 1.29 is 4.79 Å². The minimum atomic E-state index is 0.812. The second-order valence-electron chi connectivity index (χ2n) is 4.11. The Morgan fingerprint density at radius 2 is 2.00 bits per heavy atom. The molecule has 0 spiro atoms. The van der Waals surface area contributed by atoms with E-state index in [1.807, 2.05) is 6.41 Å². The van der Waals surface area contributed by atoms with Crippen molar-refractivity contribution in [1.29, 1.82) is 0 Å². The molecule has 0 aromatic carbocycles. The molecule has 3 nitrogen and oxygen atoms in total. The smallest absolute Gasteiger partial charge is 0.312 e. The van der Waals surface area contributed by atoms with Gasteiger partial charge in [0.05, 0.1) is 0 Å². The van der Waals surface area contributed by atoms with Gasteiger partial charge in [-0.05, 0) is 45.8 Å². The largest absolute Gasteiger partial charge is 0.334 e. The molecule has 1 rings (SSSR count). The SMILES string of the molecule is CN(C)CCC1CCN([C]=O)CC1. The third-order valence-electron chi connectivity index (χ3n) is 2.73. The lowest BCUT2D eigenvalue weighted by Crippen LogP contribution is -2.33. The third-order valence-corrected chi connectivity index (χ3v) is 2.73. The van der Waals surface area contributed by atoms with Gasteiger partial charge in [-0.2, -0.15) is 0 Å². The molecular formula is C10H19N2O. The molecule has 75 valence electrons. The van der Waals surface area contributed by atoms with Crippen molar-refractivity contribution in [2.24, 2.45) is 5.92 Å². The van der Waals surface area contributed by atoms with Gasteiger partial charge in [-0.15, -0.1) is 0 Å². The molecule has 13 heavy (non-hydrogen) atoms. The molecule has 1 radical (unpaired) electrons. The van der Waals surface area contributed by atoms with Gasteiger partial charge in [0.1, 0.15) is 0 Å². The van der Waals surface area contributed by atoms with Gasteiger partial charge in [-0.1, -0.05) is 0 Å². The fourth-order valence-corrected chi connectivity index (χ4v) is 1.75. The first kappa shape index (κ1) is 10.5. The van der Waals surface area contributed by atoms with Crippen LogP contribution in [0.25, 0.3) is 0 Å². The average molecular weight is 183 g/mol. The zero-order valence-corrected chi connectivity index (χ0v) is 8.62. The van der Waals surface area contributed by atoms with Gasteiger partial charge in [-0.3, -0.25) is 4.79 Å². The Hall–Kier alpha value is -0.570. The van der Waals surface area contributed by atoms with E-state index in [9.17, 15) is 4.79 Å². The average Bonchev–Trinajstić information content (AvgIpc) is 2.15. The highest BCUT2D eigenvalue weighted by molar-refractivity contribution is 5.48. The standard InChI is InChI=1S/C10H19N2O/c1-11(2)6-3-10-4-7-12(9-13)8-5-10/h10H,3-8H2,1-2H3. The maximum absolute atomic E-state index is 10.3. The van der Waals surface area contributed by atoms with Crippen LogP contribution in [0.5, 0.6) is 0 Å². The number of hydrogen-bond donors (Lipinski definition) is 0. The summed E-state index contributed by atoms with van der Waals surface area (Å²) in [6.45, 7) is 2.97. The van der Waals surface area contributed by atoms with Crippen LogP contribution in [0, 0.1) is 5.92 Å². The lowest BCUT2D eigenvalue weighted by Gasteiger charge is -2.29. The monoisotopic (exact) mass is 183 g/mol. The maximum atomic E-state index is 10.3. The van der Waals surface area contributed by atoms with Gasteiger partial charge in [0.2, 0.25) is 0 Å². The van der Waals surface area contributed by atoms with Crippen LogP contribution < -0.4 is 0 Å². The number of amides is 1. The predicted octanol–water partition coefficient (Wildman–Crippen LogP) is 0.717. The minimum Gasteiger partial charge on any atom is -0.334 e. The Morgan fingerprint density at radius 3 is 2.46 bits per heavy atom. The highest BCUT2D eigenvalue weighted by atomic mass is 16.1. The van der Waals surface area contributed by atoms with Crippen molar-refractivity contribution in [3.63, 3.8) is 0 Å². The van der Waals surface area contributed by atoms with Gasteiger partial charge >= 0.3 is 6.41 Å². The second kappa shape index (κ2) is 5.22. The van der Waals surface area contributed by atoms with Crippen LogP contribution in [0.4, 0.5) is 0 Å². The van der Waals surface area contributed by atoms with Crippen molar-refractivity contribution in [3.05, 3.63) is 0 Å². The van der Waals surface area contributed by atoms with Gasteiger partial charge in [0.25, 0.3) is 0 Å². The minimum absolute atomic E-state index is 0.812. The summed E-state index contributed by atoms with van der Waals surface area (Å²) in [7, 11) is 4.21. The molecule has 1 saturated heterocycles. The Kier molecular flexibility index (Phi) is 4.22. The molecule has 0 aromatic rings. The second-order valence-corrected chi connectivity index (χ2v) is 4.11. The highest BCUT2D eigenvalue weighted by Crippen LogP contribution is 2.19. The van der Waals surface area contributed by atoms with E-state index in [-0.39, 0.29) is 0 Å². The summed E-state index contributed by atoms with van der Waals surface area (Å²) in [4.78, 5) is 14.3. The lowest BCUT2D eigenvalue weighted by molar-refractivity contribution is 0.231. The van der Waals surface area contributed by atoms with Crippen LogP contribution in [0.3, 0.4) is 0 Å². The molecule has 3 heteroatoms. The lowest BCUT2D eigenvalue weighted by atomic mass is 9.94. The van der Waals surface area contributed by atoms with Gasteiger partial charge in [0.15, 0.2) is 0 Å². The van der Waals surface area contributed by atoms with Crippen LogP contribution in [0.1, 0.15) is 19.3 Å². The van der Waals surface area contributed by atoms with Gasteiger partial charge in [0, 0.05) is 13.1 Å². The Morgan fingerprint density at radius 1 is 1.38 bits per heavy atom. The Bertz CT molecular complexity index is 151. The molecule has 0 aliphatic carbocycles. The van der Waals surface area contributed by atoms with Gasteiger partial charge in [-0.25, -0.2) is 0 Å². The number of nitrogens with zero attached hydrogens (tertiary/aromatic N) is 2. The number of hydrogen-bond acceptors (Lipinski definition) is 2. The molecule has 0 atom stereocenters. The summed E-state index contributed by atoms with van der Waals surface area (Å²) in [6, 6.07) is 0. The van der Waals surface area contributed by atoms with Crippen LogP contribution >= 0.6 is 0 Å². The summed E-state index contributed by atoms with van der Waals surface area (Å²) in [5.41, 5.74) is 0. The number of rotatable bonds is 4. The topological polar surface area (TPSA) is 23.6 Å². The molecular weight excluding hydrogens is 164 g/mol. The van der Waals surface area contributed by atoms with Crippen LogP contribution in [0.2, 0.25) is 0 Å². The van der Waals surface area contributed by atoms with E-state index in [1.54, 1.807) is 4.90 Å². The highest BCUT2D eigenvalue weighted by Gasteiger charge is 2.17. The van der Waals surface area contributed by atoms with E-state index in [0.717, 1.165) is 38.4 Å². The molecule has 0 aromatic heterocycles. The van der Waals surface area contributed by atoms with E-state index < -0.39 is 0 Å². The summed E-state index contributed by atoms with van der Waals surface area (Å²) in [5.74, 6) is 0.812. The van der Waals surface area contributed by atoms with E-state index in [2.05, 4.69) is 19.0 Å². The zero-order valence-electron chi connectivity index (χ0n) is 8.62. The number of likely N-dealkylation sites (tertiary alicyclic amines) is 1. The van der Waals surface area contributed by atoms with Crippen molar-refractivity contribution >= 4 is 6.41 Å². The van der Waals surface area contributed by atoms with Crippen LogP contribution in [-0.2, 0) is 4.79 Å².